The number of rotatable bonds is 3. The molecule has 1 atom stereocenters. The highest BCUT2D eigenvalue weighted by Crippen LogP contribution is 2.38. The molecule has 0 saturated heterocycles. The number of ketones is 1. The maximum atomic E-state index is 11.4. The number of aromatic hydroxyl groups is 1. The fraction of sp³-hybridized carbons (Fsp3) is 0.150. The van der Waals surface area contributed by atoms with Crippen LogP contribution in [0.4, 0.5) is 0 Å². The summed E-state index contributed by atoms with van der Waals surface area (Å²) < 4.78 is 0. The number of Topliss-reactive ketones (excluding diaryl/α,β-unsaturated/α-hetero) is 1. The Balaban J connectivity index is 2.03. The molecular weight excluding hydrogens is 314 g/mol. The van der Waals surface area contributed by atoms with Crippen LogP contribution in [0.25, 0.3) is 0 Å². The van der Waals surface area contributed by atoms with Crippen molar-refractivity contribution in [1.82, 2.24) is 0 Å². The molecule has 3 N–H and O–H groups in total. The molecule has 2 aromatic rings. The van der Waals surface area contributed by atoms with Crippen molar-refractivity contribution in [1.29, 1.82) is 5.26 Å². The second-order valence-electron chi connectivity index (χ2n) is 5.92. The summed E-state index contributed by atoms with van der Waals surface area (Å²) in [6.07, 6.45) is 0.445. The molecule has 0 bridgehead atoms. The SMILES string of the molecule is CC(=O)c1ccc(C2=NC(N)=C(C#N)C(c3ccccc3O)C2)cc1. The Morgan fingerprint density at radius 1 is 1.24 bits per heavy atom. The smallest absolute Gasteiger partial charge is 0.159 e. The monoisotopic (exact) mass is 331 g/mol. The quantitative estimate of drug-likeness (QED) is 0.843. The van der Waals surface area contributed by atoms with Crippen molar-refractivity contribution >= 4 is 11.5 Å². The van der Waals surface area contributed by atoms with Crippen LogP contribution in [0.15, 0.2) is 64.9 Å². The van der Waals surface area contributed by atoms with Crippen LogP contribution in [0.2, 0.25) is 0 Å². The maximum absolute atomic E-state index is 11.4. The normalized spacial score (nSPS) is 17.0. The number of para-hydroxylation sites is 1. The second kappa shape index (κ2) is 6.62. The molecule has 124 valence electrons. The molecule has 0 saturated carbocycles. The first-order chi connectivity index (χ1) is 12.0. The van der Waals surface area contributed by atoms with Gasteiger partial charge in [0.1, 0.15) is 11.6 Å². The van der Waals surface area contributed by atoms with Gasteiger partial charge < -0.3 is 10.8 Å². The molecular formula is C20H17N3O2. The second-order valence-corrected chi connectivity index (χ2v) is 5.92. The van der Waals surface area contributed by atoms with Crippen LogP contribution in [0.5, 0.6) is 5.75 Å². The summed E-state index contributed by atoms with van der Waals surface area (Å²) in [5.41, 5.74) is 9.19. The van der Waals surface area contributed by atoms with Crippen LogP contribution in [0.3, 0.4) is 0 Å². The van der Waals surface area contributed by atoms with Crippen LogP contribution in [-0.2, 0) is 0 Å². The number of nitrogens with zero attached hydrogens (tertiary/aromatic N) is 2. The summed E-state index contributed by atoms with van der Waals surface area (Å²) in [4.78, 5) is 15.8. The lowest BCUT2D eigenvalue weighted by molar-refractivity contribution is 0.101. The average molecular weight is 331 g/mol. The molecule has 0 radical (unpaired) electrons. The summed E-state index contributed by atoms with van der Waals surface area (Å²) in [6.45, 7) is 1.52. The van der Waals surface area contributed by atoms with E-state index >= 15 is 0 Å². The van der Waals surface area contributed by atoms with E-state index in [4.69, 9.17) is 5.73 Å². The number of phenols is 1. The predicted molar refractivity (Wildman–Crippen MR) is 95.3 cm³/mol. The van der Waals surface area contributed by atoms with Crippen molar-refractivity contribution in [3.63, 3.8) is 0 Å². The number of carbonyl (C=O) groups is 1. The third kappa shape index (κ3) is 3.15. The Labute approximate surface area is 145 Å². The minimum absolute atomic E-state index is 0.00426. The molecule has 25 heavy (non-hydrogen) atoms. The zero-order valence-electron chi connectivity index (χ0n) is 13.7. The maximum Gasteiger partial charge on any atom is 0.159 e. The van der Waals surface area contributed by atoms with Crippen molar-refractivity contribution in [2.24, 2.45) is 10.7 Å². The van der Waals surface area contributed by atoms with Gasteiger partial charge >= 0.3 is 0 Å². The zero-order valence-corrected chi connectivity index (χ0v) is 13.7. The van der Waals surface area contributed by atoms with E-state index in [2.05, 4.69) is 11.1 Å². The summed E-state index contributed by atoms with van der Waals surface area (Å²) in [6, 6.07) is 16.2. The van der Waals surface area contributed by atoms with Crippen LogP contribution in [-0.4, -0.2) is 16.6 Å². The van der Waals surface area contributed by atoms with Gasteiger partial charge in [-0.05, 0) is 18.6 Å². The van der Waals surface area contributed by atoms with E-state index in [9.17, 15) is 15.2 Å². The number of phenolic OH excluding ortho intramolecular Hbond substituents is 1. The number of hydrogen-bond donors (Lipinski definition) is 2. The standard InChI is InChI=1S/C20H17N3O2/c1-12(24)13-6-8-14(9-7-13)18-10-16(17(11-21)20(22)23-18)15-4-2-3-5-19(15)25/h2-9,16,25H,10,22H2,1H3. The van der Waals surface area contributed by atoms with E-state index in [-0.39, 0.29) is 23.3 Å². The first kappa shape index (κ1) is 16.5. The molecule has 1 aliphatic rings. The molecule has 1 aliphatic heterocycles. The van der Waals surface area contributed by atoms with Gasteiger partial charge in [-0.25, -0.2) is 4.99 Å². The van der Waals surface area contributed by atoms with E-state index in [1.165, 1.54) is 6.92 Å². The first-order valence-electron chi connectivity index (χ1n) is 7.88. The van der Waals surface area contributed by atoms with Gasteiger partial charge in [0, 0.05) is 23.5 Å². The van der Waals surface area contributed by atoms with Gasteiger partial charge in [-0.3, -0.25) is 4.79 Å². The number of benzene rings is 2. The van der Waals surface area contributed by atoms with Crippen LogP contribution >= 0.6 is 0 Å². The van der Waals surface area contributed by atoms with Crippen LogP contribution < -0.4 is 5.73 Å². The highest BCUT2D eigenvalue weighted by molar-refractivity contribution is 6.03. The topological polar surface area (TPSA) is 99.5 Å². The molecule has 1 unspecified atom stereocenters. The minimum atomic E-state index is -0.355. The summed E-state index contributed by atoms with van der Waals surface area (Å²) in [7, 11) is 0. The van der Waals surface area contributed by atoms with Gasteiger partial charge in [0.2, 0.25) is 0 Å². The Hall–Kier alpha value is -3.39. The molecule has 0 amide bonds. The fourth-order valence-corrected chi connectivity index (χ4v) is 2.99. The van der Waals surface area contributed by atoms with E-state index in [0.29, 0.717) is 23.1 Å². The van der Waals surface area contributed by atoms with Crippen molar-refractivity contribution in [2.45, 2.75) is 19.3 Å². The summed E-state index contributed by atoms with van der Waals surface area (Å²) in [5, 5.41) is 19.6. The van der Waals surface area contributed by atoms with E-state index in [1.807, 2.05) is 18.2 Å². The van der Waals surface area contributed by atoms with Gasteiger partial charge in [0.25, 0.3) is 0 Å². The Kier molecular flexibility index (Phi) is 4.36. The minimum Gasteiger partial charge on any atom is -0.508 e. The van der Waals surface area contributed by atoms with Gasteiger partial charge in [0.15, 0.2) is 5.78 Å². The Morgan fingerprint density at radius 2 is 1.92 bits per heavy atom. The molecule has 3 rings (SSSR count). The predicted octanol–water partition coefficient (Wildman–Crippen LogP) is 3.27. The number of nitriles is 1. The molecule has 0 aliphatic carbocycles. The number of aliphatic imine (C=N–C) groups is 1. The third-order valence-corrected chi connectivity index (χ3v) is 4.33. The third-order valence-electron chi connectivity index (χ3n) is 4.33. The summed E-state index contributed by atoms with van der Waals surface area (Å²) in [5.74, 6) is -0.0737. The molecule has 0 spiro atoms. The average Bonchev–Trinajstić information content (AvgIpc) is 2.61. The number of hydrogen-bond acceptors (Lipinski definition) is 5. The van der Waals surface area contributed by atoms with Crippen molar-refractivity contribution in [3.8, 4) is 11.8 Å². The van der Waals surface area contributed by atoms with Crippen molar-refractivity contribution in [3.05, 3.63) is 76.6 Å². The lowest BCUT2D eigenvalue weighted by atomic mass is 9.83. The number of allylic oxidation sites excluding steroid dienone is 1. The highest BCUT2D eigenvalue weighted by atomic mass is 16.3. The Bertz CT molecular complexity index is 934. The van der Waals surface area contributed by atoms with Crippen LogP contribution in [0, 0.1) is 11.3 Å². The number of carbonyl (C=O) groups excluding carboxylic acids is 1. The van der Waals surface area contributed by atoms with Gasteiger partial charge in [-0.15, -0.1) is 0 Å². The molecule has 2 aromatic carbocycles. The van der Waals surface area contributed by atoms with E-state index in [0.717, 1.165) is 11.3 Å². The first-order valence-corrected chi connectivity index (χ1v) is 7.88. The molecule has 1 heterocycles. The summed E-state index contributed by atoms with van der Waals surface area (Å²) >= 11 is 0. The molecule has 5 heteroatoms. The van der Waals surface area contributed by atoms with Crippen LogP contribution in [0.1, 0.15) is 40.7 Å². The van der Waals surface area contributed by atoms with Crippen molar-refractivity contribution < 1.29 is 9.90 Å². The van der Waals surface area contributed by atoms with Crippen molar-refractivity contribution in [2.75, 3.05) is 0 Å². The van der Waals surface area contributed by atoms with Gasteiger partial charge in [-0.2, -0.15) is 5.26 Å². The highest BCUT2D eigenvalue weighted by Gasteiger charge is 2.28. The van der Waals surface area contributed by atoms with Gasteiger partial charge in [0.05, 0.1) is 17.4 Å². The number of nitrogens with two attached hydrogens (primary N) is 1. The molecule has 0 fully saturated rings. The van der Waals surface area contributed by atoms with E-state index < -0.39 is 0 Å². The van der Waals surface area contributed by atoms with E-state index in [1.54, 1.807) is 30.3 Å². The zero-order chi connectivity index (χ0) is 18.0. The lowest BCUT2D eigenvalue weighted by Gasteiger charge is -2.24. The molecule has 0 aromatic heterocycles. The fourth-order valence-electron chi connectivity index (χ4n) is 2.99. The molecule has 5 nitrogen and oxygen atoms in total. The lowest BCUT2D eigenvalue weighted by Crippen LogP contribution is -2.20. The largest absolute Gasteiger partial charge is 0.508 e. The Morgan fingerprint density at radius 3 is 2.52 bits per heavy atom. The van der Waals surface area contributed by atoms with Gasteiger partial charge in [-0.1, -0.05) is 42.5 Å².